The summed E-state index contributed by atoms with van der Waals surface area (Å²) < 4.78 is 0. The van der Waals surface area contributed by atoms with Crippen LogP contribution in [0.2, 0.25) is 0 Å². The molecule has 0 aromatic carbocycles. The smallest absolute Gasteiger partial charge is 0.233 e. The van der Waals surface area contributed by atoms with Crippen LogP contribution in [0.15, 0.2) is 11.7 Å². The lowest BCUT2D eigenvalue weighted by atomic mass is 10.3. The fourth-order valence-corrected chi connectivity index (χ4v) is 1.60. The van der Waals surface area contributed by atoms with Gasteiger partial charge in [-0.3, -0.25) is 9.78 Å². The number of carbonyl (C=O) groups excluding carboxylic acids is 1. The molecule has 1 aromatic heterocycles. The van der Waals surface area contributed by atoms with E-state index in [-0.39, 0.29) is 16.8 Å². The summed E-state index contributed by atoms with van der Waals surface area (Å²) in [6.45, 7) is 3.75. The number of hydrogen-bond acceptors (Lipinski definition) is 3. The summed E-state index contributed by atoms with van der Waals surface area (Å²) >= 11 is 4.75. The quantitative estimate of drug-likeness (QED) is 0.848. The molecule has 0 spiro atoms. The van der Waals surface area contributed by atoms with E-state index in [1.165, 1.54) is 0 Å². The maximum atomic E-state index is 11.3. The van der Waals surface area contributed by atoms with Gasteiger partial charge in [0.05, 0.1) is 16.4 Å². The first kappa shape index (κ1) is 10.7. The van der Waals surface area contributed by atoms with Gasteiger partial charge in [0.2, 0.25) is 5.91 Å². The van der Waals surface area contributed by atoms with Gasteiger partial charge >= 0.3 is 0 Å². The number of halogens is 1. The van der Waals surface area contributed by atoms with Crippen molar-refractivity contribution in [1.29, 1.82) is 0 Å². The minimum Gasteiger partial charge on any atom is -0.348 e. The Balaban J connectivity index is 2.51. The number of nitrogens with one attached hydrogen (secondary N) is 1. The van der Waals surface area contributed by atoms with Crippen LogP contribution in [0.1, 0.15) is 24.8 Å². The lowest BCUT2D eigenvalue weighted by Gasteiger charge is -2.12. The molecule has 3 nitrogen and oxygen atoms in total. The molecule has 0 saturated heterocycles. The van der Waals surface area contributed by atoms with Gasteiger partial charge in [0, 0.05) is 11.1 Å². The number of rotatable bonds is 3. The van der Waals surface area contributed by atoms with Crippen molar-refractivity contribution in [3.05, 3.63) is 16.6 Å². The van der Waals surface area contributed by atoms with Gasteiger partial charge in [-0.25, -0.2) is 0 Å². The van der Waals surface area contributed by atoms with Crippen molar-refractivity contribution in [2.45, 2.75) is 24.7 Å². The summed E-state index contributed by atoms with van der Waals surface area (Å²) in [6, 6.07) is 0.0417. The summed E-state index contributed by atoms with van der Waals surface area (Å²) in [5.41, 5.74) is 1.76. The Morgan fingerprint density at radius 2 is 2.38 bits per heavy atom. The van der Waals surface area contributed by atoms with Crippen LogP contribution in [0.3, 0.4) is 0 Å². The Kier molecular flexibility index (Phi) is 3.87. The van der Waals surface area contributed by atoms with Crippen molar-refractivity contribution in [2.24, 2.45) is 0 Å². The zero-order valence-electron chi connectivity index (χ0n) is 7.45. The van der Waals surface area contributed by atoms with Crippen LogP contribution in [0, 0.1) is 0 Å². The molecule has 72 valence electrons. The molecule has 2 unspecified atom stereocenters. The summed E-state index contributed by atoms with van der Waals surface area (Å²) in [7, 11) is 0. The molecule has 1 heterocycles. The minimum atomic E-state index is -0.150. The second-order valence-corrected chi connectivity index (χ2v) is 5.04. The lowest BCUT2D eigenvalue weighted by Crippen LogP contribution is -2.31. The standard InChI is InChI=1S/C8H11BrN2OS/c1-5(9)8(12)11-6(2)7-3-10-4-13-7/h3-6H,1-2H3,(H,11,12). The van der Waals surface area contributed by atoms with E-state index in [1.807, 2.05) is 6.92 Å². The molecule has 0 saturated carbocycles. The van der Waals surface area contributed by atoms with E-state index in [1.54, 1.807) is 30.0 Å². The molecular formula is C8H11BrN2OS. The molecule has 0 bridgehead atoms. The number of amides is 1. The fourth-order valence-electron chi connectivity index (χ4n) is 0.839. The molecule has 13 heavy (non-hydrogen) atoms. The van der Waals surface area contributed by atoms with Crippen LogP contribution in [-0.4, -0.2) is 15.7 Å². The highest BCUT2D eigenvalue weighted by Crippen LogP contribution is 2.16. The van der Waals surface area contributed by atoms with Gasteiger partial charge in [0.1, 0.15) is 0 Å². The molecular weight excluding hydrogens is 252 g/mol. The number of hydrogen-bond donors (Lipinski definition) is 1. The van der Waals surface area contributed by atoms with Gasteiger partial charge < -0.3 is 5.32 Å². The fraction of sp³-hybridized carbons (Fsp3) is 0.500. The molecule has 0 aliphatic heterocycles. The van der Waals surface area contributed by atoms with Crippen LogP contribution in [0.4, 0.5) is 0 Å². The number of thiazole rings is 1. The van der Waals surface area contributed by atoms with E-state index in [0.29, 0.717) is 0 Å². The zero-order valence-corrected chi connectivity index (χ0v) is 9.85. The highest BCUT2D eigenvalue weighted by atomic mass is 79.9. The maximum Gasteiger partial charge on any atom is 0.233 e. The Hall–Kier alpha value is -0.420. The van der Waals surface area contributed by atoms with Crippen LogP contribution >= 0.6 is 27.3 Å². The third-order valence-corrected chi connectivity index (χ3v) is 2.97. The first-order chi connectivity index (χ1) is 6.11. The second-order valence-electron chi connectivity index (χ2n) is 2.75. The summed E-state index contributed by atoms with van der Waals surface area (Å²) in [4.78, 5) is 16.1. The van der Waals surface area contributed by atoms with Gasteiger partial charge in [-0.15, -0.1) is 11.3 Å². The third kappa shape index (κ3) is 3.08. The molecule has 2 atom stereocenters. The average Bonchev–Trinajstić information content (AvgIpc) is 2.55. The monoisotopic (exact) mass is 262 g/mol. The topological polar surface area (TPSA) is 42.0 Å². The van der Waals surface area contributed by atoms with Crippen LogP contribution < -0.4 is 5.32 Å². The molecule has 0 fully saturated rings. The molecule has 1 aromatic rings. The number of carbonyl (C=O) groups is 1. The van der Waals surface area contributed by atoms with Crippen molar-refractivity contribution in [2.75, 3.05) is 0 Å². The summed E-state index contributed by atoms with van der Waals surface area (Å²) in [5.74, 6) is 0.000833. The number of nitrogens with zero attached hydrogens (tertiary/aromatic N) is 1. The Labute approximate surface area is 89.7 Å². The van der Waals surface area contributed by atoms with E-state index in [0.717, 1.165) is 4.88 Å². The zero-order chi connectivity index (χ0) is 9.84. The van der Waals surface area contributed by atoms with Crippen molar-refractivity contribution in [1.82, 2.24) is 10.3 Å². The molecule has 0 aliphatic carbocycles. The largest absolute Gasteiger partial charge is 0.348 e. The minimum absolute atomic E-state index is 0.000833. The molecule has 1 N–H and O–H groups in total. The highest BCUT2D eigenvalue weighted by Gasteiger charge is 2.13. The average molecular weight is 263 g/mol. The van der Waals surface area contributed by atoms with E-state index >= 15 is 0 Å². The van der Waals surface area contributed by atoms with Crippen LogP contribution in [-0.2, 0) is 4.79 Å². The van der Waals surface area contributed by atoms with Gasteiger partial charge in [-0.1, -0.05) is 15.9 Å². The van der Waals surface area contributed by atoms with Crippen molar-refractivity contribution >= 4 is 33.2 Å². The number of alkyl halides is 1. The van der Waals surface area contributed by atoms with Crippen LogP contribution in [0.5, 0.6) is 0 Å². The molecule has 0 aliphatic rings. The van der Waals surface area contributed by atoms with Gasteiger partial charge in [0.15, 0.2) is 0 Å². The van der Waals surface area contributed by atoms with E-state index in [4.69, 9.17) is 0 Å². The van der Waals surface area contributed by atoms with Gasteiger partial charge in [-0.2, -0.15) is 0 Å². The number of aromatic nitrogens is 1. The molecule has 0 radical (unpaired) electrons. The molecule has 1 amide bonds. The third-order valence-electron chi connectivity index (χ3n) is 1.60. The second kappa shape index (κ2) is 4.72. The highest BCUT2D eigenvalue weighted by molar-refractivity contribution is 9.10. The van der Waals surface area contributed by atoms with E-state index in [9.17, 15) is 4.79 Å². The summed E-state index contributed by atoms with van der Waals surface area (Å²) in [6.07, 6.45) is 1.77. The Morgan fingerprint density at radius 3 is 2.85 bits per heavy atom. The lowest BCUT2D eigenvalue weighted by molar-refractivity contribution is -0.120. The van der Waals surface area contributed by atoms with Crippen molar-refractivity contribution in [3.8, 4) is 0 Å². The van der Waals surface area contributed by atoms with Crippen molar-refractivity contribution < 1.29 is 4.79 Å². The first-order valence-electron chi connectivity index (χ1n) is 3.94. The van der Waals surface area contributed by atoms with E-state index < -0.39 is 0 Å². The predicted octanol–water partition coefficient (Wildman–Crippen LogP) is 2.10. The van der Waals surface area contributed by atoms with E-state index in [2.05, 4.69) is 26.2 Å². The van der Waals surface area contributed by atoms with Crippen molar-refractivity contribution in [3.63, 3.8) is 0 Å². The first-order valence-corrected chi connectivity index (χ1v) is 5.73. The van der Waals surface area contributed by atoms with Gasteiger partial charge in [-0.05, 0) is 13.8 Å². The Bertz CT molecular complexity index is 274. The Morgan fingerprint density at radius 1 is 1.69 bits per heavy atom. The van der Waals surface area contributed by atoms with Gasteiger partial charge in [0.25, 0.3) is 0 Å². The molecule has 5 heteroatoms. The predicted molar refractivity (Wildman–Crippen MR) is 57.1 cm³/mol. The van der Waals surface area contributed by atoms with Crippen LogP contribution in [0.25, 0.3) is 0 Å². The molecule has 1 rings (SSSR count). The SMILES string of the molecule is CC(Br)C(=O)NC(C)c1cncs1. The maximum absolute atomic E-state index is 11.3. The summed E-state index contributed by atoms with van der Waals surface area (Å²) in [5, 5.41) is 2.87. The normalized spacial score (nSPS) is 15.0.